The lowest BCUT2D eigenvalue weighted by atomic mass is 9.98. The van der Waals surface area contributed by atoms with Crippen LogP contribution in [0.4, 0.5) is 23.4 Å². The second-order valence-corrected chi connectivity index (χ2v) is 9.04. The summed E-state index contributed by atoms with van der Waals surface area (Å²) in [5, 5.41) is 0. The standard InChI is InChI=1S/C27H19F4N5O2/c1-35(26(37)15-3-7-20-21(8-15)36-13-33-11-22(36)25(32)34-20)23-12-38-24-9-14(2-5-17(23)24)18-10-16(27(29,30)31)4-6-19(18)28/h2-11,13,23H,12H2,1H3,(H2,32,34)/t23-/m1/s1. The van der Waals surface area contributed by atoms with Crippen molar-refractivity contribution in [3.05, 3.63) is 89.6 Å². The van der Waals surface area contributed by atoms with Gasteiger partial charge >= 0.3 is 6.18 Å². The highest BCUT2D eigenvalue weighted by molar-refractivity contribution is 5.98. The third kappa shape index (κ3) is 3.78. The highest BCUT2D eigenvalue weighted by Gasteiger charge is 2.33. The van der Waals surface area contributed by atoms with Gasteiger partial charge in [-0.05, 0) is 48.0 Å². The number of amides is 1. The first kappa shape index (κ1) is 23.7. The first-order valence-corrected chi connectivity index (χ1v) is 11.5. The normalized spacial score (nSPS) is 15.0. The summed E-state index contributed by atoms with van der Waals surface area (Å²) in [6.45, 7) is 0.142. The number of hydrogen-bond acceptors (Lipinski definition) is 5. The molecule has 5 aromatic rings. The molecule has 3 aromatic carbocycles. The Morgan fingerprint density at radius 3 is 2.71 bits per heavy atom. The summed E-state index contributed by atoms with van der Waals surface area (Å²) in [5.41, 5.74) is 8.09. The van der Waals surface area contributed by atoms with Gasteiger partial charge in [-0.2, -0.15) is 13.2 Å². The average Bonchev–Trinajstić information content (AvgIpc) is 3.55. The first-order valence-electron chi connectivity index (χ1n) is 11.5. The highest BCUT2D eigenvalue weighted by Crippen LogP contribution is 2.40. The molecule has 0 saturated carbocycles. The van der Waals surface area contributed by atoms with Crippen LogP contribution in [0.3, 0.4) is 0 Å². The number of fused-ring (bicyclic) bond motifs is 4. The lowest BCUT2D eigenvalue weighted by Crippen LogP contribution is -2.32. The number of carbonyl (C=O) groups is 1. The van der Waals surface area contributed by atoms with Crippen molar-refractivity contribution >= 4 is 28.3 Å². The molecule has 11 heteroatoms. The third-order valence-corrected chi connectivity index (χ3v) is 6.79. The topological polar surface area (TPSA) is 85.8 Å². The predicted molar refractivity (Wildman–Crippen MR) is 132 cm³/mol. The average molecular weight is 521 g/mol. The number of imidazole rings is 1. The van der Waals surface area contributed by atoms with Crippen LogP contribution >= 0.6 is 0 Å². The number of likely N-dealkylation sites (N-methyl/N-ethyl adjacent to an activating group) is 1. The molecule has 1 atom stereocenters. The number of aromatic nitrogens is 3. The smallest absolute Gasteiger partial charge is 0.416 e. The maximum atomic E-state index is 14.4. The zero-order valence-electron chi connectivity index (χ0n) is 19.8. The largest absolute Gasteiger partial charge is 0.491 e. The van der Waals surface area contributed by atoms with Crippen LogP contribution in [0, 0.1) is 5.82 Å². The van der Waals surface area contributed by atoms with Gasteiger partial charge in [0.05, 0.1) is 35.2 Å². The fourth-order valence-corrected chi connectivity index (χ4v) is 4.76. The monoisotopic (exact) mass is 521 g/mol. The fourth-order valence-electron chi connectivity index (χ4n) is 4.76. The Morgan fingerprint density at radius 2 is 1.92 bits per heavy atom. The van der Waals surface area contributed by atoms with Gasteiger partial charge in [0.2, 0.25) is 0 Å². The molecule has 0 saturated heterocycles. The number of nitrogens with two attached hydrogens (primary N) is 1. The van der Waals surface area contributed by atoms with Gasteiger partial charge in [-0.25, -0.2) is 14.4 Å². The molecule has 1 aliphatic rings. The van der Waals surface area contributed by atoms with E-state index >= 15 is 0 Å². The maximum absolute atomic E-state index is 14.4. The Balaban J connectivity index is 1.31. The van der Waals surface area contributed by atoms with Crippen LogP contribution in [0.15, 0.2) is 67.1 Å². The number of ether oxygens (including phenoxy) is 1. The summed E-state index contributed by atoms with van der Waals surface area (Å²) >= 11 is 0. The van der Waals surface area contributed by atoms with E-state index in [9.17, 15) is 22.4 Å². The van der Waals surface area contributed by atoms with Crippen molar-refractivity contribution in [2.24, 2.45) is 0 Å². The molecule has 1 amide bonds. The van der Waals surface area contributed by atoms with Crippen LogP contribution in [0.2, 0.25) is 0 Å². The number of rotatable bonds is 3. The van der Waals surface area contributed by atoms with Gasteiger partial charge in [0.25, 0.3) is 5.91 Å². The molecule has 2 N–H and O–H groups in total. The van der Waals surface area contributed by atoms with Crippen LogP contribution in [-0.4, -0.2) is 38.8 Å². The van der Waals surface area contributed by atoms with Crippen molar-refractivity contribution in [2.45, 2.75) is 12.2 Å². The molecular formula is C27H19F4N5O2. The molecule has 192 valence electrons. The Kier molecular flexibility index (Phi) is 5.26. The molecule has 0 fully saturated rings. The van der Waals surface area contributed by atoms with E-state index in [1.165, 1.54) is 17.0 Å². The minimum absolute atomic E-state index is 0.142. The van der Waals surface area contributed by atoms with Gasteiger partial charge in [0.1, 0.15) is 29.5 Å². The number of nitrogen functional groups attached to an aromatic ring is 1. The summed E-state index contributed by atoms with van der Waals surface area (Å²) in [7, 11) is 1.64. The summed E-state index contributed by atoms with van der Waals surface area (Å²) in [5.74, 6) is -0.344. The number of alkyl halides is 3. The number of anilines is 1. The Morgan fingerprint density at radius 1 is 1.11 bits per heavy atom. The SMILES string of the molecule is CN(C(=O)c1ccc2nc(N)c3cncn3c2c1)[C@@H]1COc2cc(-c3cc(C(F)(F)F)ccc3F)ccc21. The second-order valence-electron chi connectivity index (χ2n) is 9.04. The molecule has 1 aliphatic heterocycles. The van der Waals surface area contributed by atoms with Gasteiger partial charge in [-0.3, -0.25) is 9.20 Å². The molecule has 0 spiro atoms. The summed E-state index contributed by atoms with van der Waals surface area (Å²) in [6, 6.07) is 11.6. The molecule has 0 unspecified atom stereocenters. The molecule has 38 heavy (non-hydrogen) atoms. The second kappa shape index (κ2) is 8.44. The van der Waals surface area contributed by atoms with E-state index < -0.39 is 23.6 Å². The van der Waals surface area contributed by atoms with E-state index in [2.05, 4.69) is 9.97 Å². The number of nitrogens with zero attached hydrogens (tertiary/aromatic N) is 4. The number of halogens is 4. The van der Waals surface area contributed by atoms with Crippen molar-refractivity contribution < 1.29 is 27.1 Å². The third-order valence-electron chi connectivity index (χ3n) is 6.79. The van der Waals surface area contributed by atoms with Crippen molar-refractivity contribution in [2.75, 3.05) is 19.4 Å². The molecule has 3 heterocycles. The summed E-state index contributed by atoms with van der Waals surface area (Å²) < 4.78 is 61.4. The van der Waals surface area contributed by atoms with Crippen LogP contribution in [-0.2, 0) is 6.18 Å². The summed E-state index contributed by atoms with van der Waals surface area (Å²) in [6.07, 6.45) is -1.41. The molecule has 7 nitrogen and oxygen atoms in total. The van der Waals surface area contributed by atoms with Gasteiger partial charge in [-0.1, -0.05) is 12.1 Å². The Bertz CT molecular complexity index is 1750. The minimum atomic E-state index is -4.60. The predicted octanol–water partition coefficient (Wildman–Crippen LogP) is 5.50. The Hall–Kier alpha value is -4.67. The molecular weight excluding hydrogens is 502 g/mol. The van der Waals surface area contributed by atoms with Gasteiger partial charge in [0.15, 0.2) is 0 Å². The molecule has 0 radical (unpaired) electrons. The molecule has 0 aliphatic carbocycles. The van der Waals surface area contributed by atoms with E-state index in [0.29, 0.717) is 45.3 Å². The van der Waals surface area contributed by atoms with E-state index in [0.717, 1.165) is 12.1 Å². The van der Waals surface area contributed by atoms with Crippen molar-refractivity contribution in [3.8, 4) is 16.9 Å². The quantitative estimate of drug-likeness (QED) is 0.317. The van der Waals surface area contributed by atoms with Crippen molar-refractivity contribution in [1.82, 2.24) is 19.3 Å². The molecule has 0 bridgehead atoms. The zero-order valence-corrected chi connectivity index (χ0v) is 19.8. The number of benzene rings is 3. The lowest BCUT2D eigenvalue weighted by Gasteiger charge is -2.24. The highest BCUT2D eigenvalue weighted by atomic mass is 19.4. The van der Waals surface area contributed by atoms with E-state index in [-0.39, 0.29) is 23.6 Å². The van der Waals surface area contributed by atoms with Crippen LogP contribution in [0.1, 0.15) is 27.5 Å². The Labute approximate surface area is 213 Å². The molecule has 2 aromatic heterocycles. The number of hydrogen-bond donors (Lipinski definition) is 1. The molecule has 6 rings (SSSR count). The maximum Gasteiger partial charge on any atom is 0.416 e. The van der Waals surface area contributed by atoms with Crippen molar-refractivity contribution in [1.29, 1.82) is 0 Å². The lowest BCUT2D eigenvalue weighted by molar-refractivity contribution is -0.137. The van der Waals surface area contributed by atoms with Crippen molar-refractivity contribution in [3.63, 3.8) is 0 Å². The van der Waals surface area contributed by atoms with Gasteiger partial charge in [0, 0.05) is 23.7 Å². The number of carbonyl (C=O) groups excluding carboxylic acids is 1. The van der Waals surface area contributed by atoms with Crippen LogP contribution in [0.5, 0.6) is 5.75 Å². The van der Waals surface area contributed by atoms with E-state index in [4.69, 9.17) is 10.5 Å². The van der Waals surface area contributed by atoms with E-state index in [1.54, 1.807) is 48.2 Å². The van der Waals surface area contributed by atoms with Gasteiger partial charge in [-0.15, -0.1) is 0 Å². The summed E-state index contributed by atoms with van der Waals surface area (Å²) in [4.78, 5) is 23.5. The van der Waals surface area contributed by atoms with Gasteiger partial charge < -0.3 is 15.4 Å². The van der Waals surface area contributed by atoms with Crippen LogP contribution in [0.25, 0.3) is 27.7 Å². The fraction of sp³-hybridized carbons (Fsp3) is 0.148. The first-order chi connectivity index (χ1) is 18.1. The minimum Gasteiger partial charge on any atom is -0.491 e. The van der Waals surface area contributed by atoms with E-state index in [1.807, 2.05) is 0 Å². The van der Waals surface area contributed by atoms with Crippen LogP contribution < -0.4 is 10.5 Å². The zero-order chi connectivity index (χ0) is 26.8.